The topological polar surface area (TPSA) is 53.1 Å². The zero-order chi connectivity index (χ0) is 13.3. The van der Waals surface area contributed by atoms with Crippen molar-refractivity contribution in [1.29, 1.82) is 0 Å². The van der Waals surface area contributed by atoms with E-state index in [1.165, 1.54) is 22.9 Å². The maximum Gasteiger partial charge on any atom is 0.201 e. The first-order chi connectivity index (χ1) is 8.54. The van der Waals surface area contributed by atoms with Crippen LogP contribution >= 0.6 is 0 Å². The molecule has 96 valence electrons. The summed E-state index contributed by atoms with van der Waals surface area (Å²) >= 11 is 0. The van der Waals surface area contributed by atoms with E-state index in [4.69, 9.17) is 10.5 Å². The molecule has 0 saturated heterocycles. The fourth-order valence-corrected chi connectivity index (χ4v) is 1.61. The Labute approximate surface area is 103 Å². The number of halogens is 2. The van der Waals surface area contributed by atoms with Gasteiger partial charge in [-0.25, -0.2) is 4.39 Å². The van der Waals surface area contributed by atoms with Crippen molar-refractivity contribution in [2.75, 3.05) is 12.3 Å². The van der Waals surface area contributed by atoms with Gasteiger partial charge in [-0.1, -0.05) is 0 Å². The molecule has 0 atom stereocenters. The first kappa shape index (κ1) is 12.3. The summed E-state index contributed by atoms with van der Waals surface area (Å²) < 4.78 is 33.9. The van der Waals surface area contributed by atoms with Crippen LogP contribution in [-0.2, 0) is 7.05 Å². The number of hydrogen-bond acceptors (Lipinski definition) is 3. The summed E-state index contributed by atoms with van der Waals surface area (Å²) in [6, 6.07) is 4.28. The highest BCUT2D eigenvalue weighted by molar-refractivity contribution is 5.64. The molecule has 2 aromatic rings. The van der Waals surface area contributed by atoms with Crippen LogP contribution in [0.3, 0.4) is 0 Å². The average Bonchev–Trinajstić information content (AvgIpc) is 2.66. The Morgan fingerprint density at radius 2 is 2.06 bits per heavy atom. The summed E-state index contributed by atoms with van der Waals surface area (Å²) in [5, 5.41) is 4.00. The lowest BCUT2D eigenvalue weighted by atomic mass is 10.1. The van der Waals surface area contributed by atoms with Crippen molar-refractivity contribution >= 4 is 5.82 Å². The summed E-state index contributed by atoms with van der Waals surface area (Å²) in [6.45, 7) is 1.97. The van der Waals surface area contributed by atoms with Crippen molar-refractivity contribution in [2.24, 2.45) is 7.05 Å². The molecular formula is C12H13F2N3O. The Hall–Kier alpha value is -2.11. The highest BCUT2D eigenvalue weighted by Crippen LogP contribution is 2.29. The van der Waals surface area contributed by atoms with E-state index >= 15 is 0 Å². The monoisotopic (exact) mass is 253 g/mol. The molecule has 2 N–H and O–H groups in total. The molecule has 0 spiro atoms. The number of aromatic nitrogens is 2. The number of rotatable bonds is 3. The van der Waals surface area contributed by atoms with Crippen LogP contribution in [0, 0.1) is 11.6 Å². The first-order valence-corrected chi connectivity index (χ1v) is 5.45. The van der Waals surface area contributed by atoms with E-state index in [0.29, 0.717) is 5.82 Å². The number of nitrogens with zero attached hydrogens (tertiary/aromatic N) is 2. The minimum absolute atomic E-state index is 0.0586. The Bertz CT molecular complexity index is 561. The van der Waals surface area contributed by atoms with Gasteiger partial charge in [0, 0.05) is 18.7 Å². The maximum atomic E-state index is 13.9. The summed E-state index contributed by atoms with van der Waals surface area (Å²) in [5.41, 5.74) is 5.95. The summed E-state index contributed by atoms with van der Waals surface area (Å²) in [5.74, 6) is -1.74. The van der Waals surface area contributed by atoms with Crippen LogP contribution in [-0.4, -0.2) is 16.4 Å². The van der Waals surface area contributed by atoms with Gasteiger partial charge in [-0.05, 0) is 19.1 Å². The molecule has 1 aromatic heterocycles. The van der Waals surface area contributed by atoms with Crippen molar-refractivity contribution in [3.63, 3.8) is 0 Å². The zero-order valence-electron chi connectivity index (χ0n) is 10.1. The second-order valence-electron chi connectivity index (χ2n) is 3.75. The van der Waals surface area contributed by atoms with Gasteiger partial charge in [0.25, 0.3) is 0 Å². The van der Waals surface area contributed by atoms with Crippen LogP contribution in [0.5, 0.6) is 5.75 Å². The van der Waals surface area contributed by atoms with E-state index in [-0.39, 0.29) is 23.6 Å². The average molecular weight is 253 g/mol. The van der Waals surface area contributed by atoms with Gasteiger partial charge in [0.05, 0.1) is 12.3 Å². The number of aryl methyl sites for hydroxylation is 1. The number of ether oxygens (including phenoxy) is 1. The molecule has 0 unspecified atom stereocenters. The van der Waals surface area contributed by atoms with Crippen LogP contribution in [0.15, 0.2) is 18.2 Å². The molecule has 0 fully saturated rings. The lowest BCUT2D eigenvalue weighted by molar-refractivity contribution is 0.314. The number of benzene rings is 1. The van der Waals surface area contributed by atoms with E-state index in [2.05, 4.69) is 5.10 Å². The van der Waals surface area contributed by atoms with Crippen molar-refractivity contribution < 1.29 is 13.5 Å². The van der Waals surface area contributed by atoms with Crippen molar-refractivity contribution in [2.45, 2.75) is 6.92 Å². The van der Waals surface area contributed by atoms with Gasteiger partial charge in [-0.3, -0.25) is 4.68 Å². The Morgan fingerprint density at radius 3 is 2.61 bits per heavy atom. The number of hydrogen-bond donors (Lipinski definition) is 1. The van der Waals surface area contributed by atoms with Gasteiger partial charge in [-0.15, -0.1) is 0 Å². The molecule has 6 heteroatoms. The molecule has 0 aliphatic rings. The largest absolute Gasteiger partial charge is 0.491 e. The third-order valence-corrected chi connectivity index (χ3v) is 2.54. The Morgan fingerprint density at radius 1 is 1.33 bits per heavy atom. The highest BCUT2D eigenvalue weighted by Gasteiger charge is 2.17. The predicted octanol–water partition coefficient (Wildman–Crippen LogP) is 2.35. The molecule has 0 aliphatic carbocycles. The molecule has 0 bridgehead atoms. The van der Waals surface area contributed by atoms with Crippen molar-refractivity contribution in [1.82, 2.24) is 9.78 Å². The maximum absolute atomic E-state index is 13.9. The SMILES string of the molecule is CCOc1ccc(-c2cc(N)n(C)n2)c(F)c1F. The molecule has 1 heterocycles. The molecule has 0 aliphatic heterocycles. The number of nitrogens with two attached hydrogens (primary N) is 1. The van der Waals surface area contributed by atoms with Crippen molar-refractivity contribution in [3.8, 4) is 17.0 Å². The van der Waals surface area contributed by atoms with Gasteiger partial charge in [0.1, 0.15) is 5.82 Å². The van der Waals surface area contributed by atoms with Gasteiger partial charge < -0.3 is 10.5 Å². The van der Waals surface area contributed by atoms with Crippen LogP contribution in [0.4, 0.5) is 14.6 Å². The summed E-state index contributed by atoms with van der Waals surface area (Å²) in [4.78, 5) is 0. The second-order valence-corrected chi connectivity index (χ2v) is 3.75. The predicted molar refractivity (Wildman–Crippen MR) is 64.1 cm³/mol. The van der Waals surface area contributed by atoms with Crippen LogP contribution in [0.1, 0.15) is 6.92 Å². The second kappa shape index (κ2) is 4.64. The van der Waals surface area contributed by atoms with E-state index in [9.17, 15) is 8.78 Å². The Kier molecular flexibility index (Phi) is 3.18. The smallest absolute Gasteiger partial charge is 0.201 e. The lowest BCUT2D eigenvalue weighted by Gasteiger charge is -2.07. The lowest BCUT2D eigenvalue weighted by Crippen LogP contribution is -1.99. The molecule has 0 amide bonds. The molecule has 4 nitrogen and oxygen atoms in total. The van der Waals surface area contributed by atoms with Crippen LogP contribution in [0.25, 0.3) is 11.3 Å². The van der Waals surface area contributed by atoms with Crippen molar-refractivity contribution in [3.05, 3.63) is 29.8 Å². The summed E-state index contributed by atoms with van der Waals surface area (Å²) in [7, 11) is 1.63. The van der Waals surface area contributed by atoms with Gasteiger partial charge in [0.15, 0.2) is 11.6 Å². The standard InChI is InChI=1S/C12H13F2N3O/c1-3-18-9-5-4-7(11(13)12(9)14)8-6-10(15)17(2)16-8/h4-6H,3,15H2,1-2H3. The van der Waals surface area contributed by atoms with E-state index in [0.717, 1.165) is 0 Å². The highest BCUT2D eigenvalue weighted by atomic mass is 19.2. The molecule has 1 aromatic carbocycles. The fraction of sp³-hybridized carbons (Fsp3) is 0.250. The van der Waals surface area contributed by atoms with Gasteiger partial charge in [-0.2, -0.15) is 9.49 Å². The van der Waals surface area contributed by atoms with E-state index in [1.807, 2.05) is 0 Å². The molecule has 18 heavy (non-hydrogen) atoms. The van der Waals surface area contributed by atoms with E-state index in [1.54, 1.807) is 14.0 Å². The number of nitrogen functional groups attached to an aromatic ring is 1. The van der Waals surface area contributed by atoms with Gasteiger partial charge in [0.2, 0.25) is 5.82 Å². The molecule has 0 saturated carbocycles. The van der Waals surface area contributed by atoms with Gasteiger partial charge >= 0.3 is 0 Å². The summed E-state index contributed by atoms with van der Waals surface area (Å²) in [6.07, 6.45) is 0. The first-order valence-electron chi connectivity index (χ1n) is 5.45. The zero-order valence-corrected chi connectivity index (χ0v) is 10.1. The quantitative estimate of drug-likeness (QED) is 0.913. The normalized spacial score (nSPS) is 10.7. The minimum Gasteiger partial charge on any atom is -0.491 e. The third kappa shape index (κ3) is 2.01. The Balaban J connectivity index is 2.49. The van der Waals surface area contributed by atoms with Crippen LogP contribution in [0.2, 0.25) is 0 Å². The third-order valence-electron chi connectivity index (χ3n) is 2.54. The molecular weight excluding hydrogens is 240 g/mol. The fourth-order valence-electron chi connectivity index (χ4n) is 1.61. The molecule has 0 radical (unpaired) electrons. The minimum atomic E-state index is -1.02. The molecule has 2 rings (SSSR count). The van der Waals surface area contributed by atoms with Crippen LogP contribution < -0.4 is 10.5 Å². The van der Waals surface area contributed by atoms with E-state index < -0.39 is 11.6 Å². The number of anilines is 1.